The third kappa shape index (κ3) is 3.69. The molecule has 0 fully saturated rings. The summed E-state index contributed by atoms with van der Waals surface area (Å²) in [6.07, 6.45) is 7.14. The smallest absolute Gasteiger partial charge is 0.271 e. The van der Waals surface area contributed by atoms with Crippen LogP contribution < -0.4 is 14.9 Å². The van der Waals surface area contributed by atoms with Crippen LogP contribution in [0.25, 0.3) is 10.9 Å². The highest BCUT2D eigenvalue weighted by Gasteiger charge is 2.12. The number of fused-ring (bicyclic) bond motifs is 1. The molecule has 0 saturated carbocycles. The van der Waals surface area contributed by atoms with Gasteiger partial charge in [-0.15, -0.1) is 6.42 Å². The van der Waals surface area contributed by atoms with E-state index in [2.05, 4.69) is 16.4 Å². The van der Waals surface area contributed by atoms with Crippen molar-refractivity contribution >= 4 is 23.0 Å². The minimum atomic E-state index is -0.363. The van der Waals surface area contributed by atoms with Gasteiger partial charge in [-0.1, -0.05) is 24.1 Å². The summed E-state index contributed by atoms with van der Waals surface area (Å²) >= 11 is 0. The van der Waals surface area contributed by atoms with Crippen molar-refractivity contribution in [3.63, 3.8) is 0 Å². The van der Waals surface area contributed by atoms with Gasteiger partial charge in [-0.25, -0.2) is 5.43 Å². The van der Waals surface area contributed by atoms with Gasteiger partial charge in [-0.3, -0.25) is 4.79 Å². The van der Waals surface area contributed by atoms with E-state index < -0.39 is 0 Å². The van der Waals surface area contributed by atoms with Gasteiger partial charge >= 0.3 is 0 Å². The van der Waals surface area contributed by atoms with Crippen molar-refractivity contribution in [3.05, 3.63) is 59.3 Å². The highest BCUT2D eigenvalue weighted by Crippen LogP contribution is 2.25. The molecule has 3 rings (SSSR count). The number of hydrogen-bond donors (Lipinski definition) is 1. The quantitative estimate of drug-likeness (QED) is 0.408. The Morgan fingerprint density at radius 1 is 1.21 bits per heavy atom. The zero-order valence-corrected chi connectivity index (χ0v) is 16.0. The summed E-state index contributed by atoms with van der Waals surface area (Å²) in [5, 5.41) is 5.17. The van der Waals surface area contributed by atoms with E-state index in [4.69, 9.17) is 15.9 Å². The lowest BCUT2D eigenvalue weighted by Gasteiger charge is -2.07. The largest absolute Gasteiger partial charge is 0.497 e. The number of para-hydroxylation sites is 1. The van der Waals surface area contributed by atoms with Gasteiger partial charge in [0.2, 0.25) is 0 Å². The van der Waals surface area contributed by atoms with E-state index in [1.54, 1.807) is 24.4 Å². The molecule has 0 aliphatic carbocycles. The molecule has 0 unspecified atom stereocenters. The number of ether oxygens (including phenoxy) is 2. The van der Waals surface area contributed by atoms with E-state index in [-0.39, 0.29) is 5.91 Å². The molecule has 0 atom stereocenters. The molecule has 0 saturated heterocycles. The third-order valence-corrected chi connectivity index (χ3v) is 4.50. The molecule has 28 heavy (non-hydrogen) atoms. The number of carbonyl (C=O) groups is 1. The van der Waals surface area contributed by atoms with Gasteiger partial charge in [-0.05, 0) is 25.1 Å². The lowest BCUT2D eigenvalue weighted by atomic mass is 10.1. The van der Waals surface area contributed by atoms with Gasteiger partial charge in [0.25, 0.3) is 5.91 Å². The minimum Gasteiger partial charge on any atom is -0.497 e. The highest BCUT2D eigenvalue weighted by molar-refractivity contribution is 6.02. The second-order valence-corrected chi connectivity index (χ2v) is 6.11. The third-order valence-electron chi connectivity index (χ3n) is 4.50. The van der Waals surface area contributed by atoms with Crippen LogP contribution in [0.2, 0.25) is 0 Å². The predicted molar refractivity (Wildman–Crippen MR) is 110 cm³/mol. The SMILES string of the molecule is C#CCn1c(C)c(/C=N\NC(=O)c2cc(OC)cc(OC)c2)c2ccccc21. The van der Waals surface area contributed by atoms with Crippen LogP contribution >= 0.6 is 0 Å². The molecule has 1 heterocycles. The number of rotatable bonds is 6. The maximum absolute atomic E-state index is 12.5. The second-order valence-electron chi connectivity index (χ2n) is 6.11. The number of methoxy groups -OCH3 is 2. The van der Waals surface area contributed by atoms with Crippen LogP contribution in [0.3, 0.4) is 0 Å². The highest BCUT2D eigenvalue weighted by atomic mass is 16.5. The molecule has 0 aliphatic rings. The fraction of sp³-hybridized carbons (Fsp3) is 0.182. The molecule has 0 radical (unpaired) electrons. The lowest BCUT2D eigenvalue weighted by Crippen LogP contribution is -2.17. The number of carbonyl (C=O) groups excluding carboxylic acids is 1. The summed E-state index contributed by atoms with van der Waals surface area (Å²) in [5.41, 5.74) is 5.87. The maximum atomic E-state index is 12.5. The van der Waals surface area contributed by atoms with Crippen LogP contribution in [0.5, 0.6) is 11.5 Å². The van der Waals surface area contributed by atoms with Gasteiger partial charge in [0, 0.05) is 33.8 Å². The maximum Gasteiger partial charge on any atom is 0.271 e. The summed E-state index contributed by atoms with van der Waals surface area (Å²) < 4.78 is 12.4. The summed E-state index contributed by atoms with van der Waals surface area (Å²) in [7, 11) is 3.06. The first-order valence-electron chi connectivity index (χ1n) is 8.66. The number of amides is 1. The molecule has 3 aromatic rings. The van der Waals surface area contributed by atoms with E-state index >= 15 is 0 Å². The van der Waals surface area contributed by atoms with Gasteiger partial charge in [-0.2, -0.15) is 5.10 Å². The van der Waals surface area contributed by atoms with Gasteiger partial charge < -0.3 is 14.0 Å². The number of nitrogens with one attached hydrogen (secondary N) is 1. The van der Waals surface area contributed by atoms with Gasteiger partial charge in [0.15, 0.2) is 0 Å². The van der Waals surface area contributed by atoms with Crippen molar-refractivity contribution in [1.29, 1.82) is 0 Å². The van der Waals surface area contributed by atoms with E-state index in [9.17, 15) is 4.79 Å². The van der Waals surface area contributed by atoms with Crippen molar-refractivity contribution in [2.24, 2.45) is 5.10 Å². The first-order valence-corrected chi connectivity index (χ1v) is 8.66. The van der Waals surface area contributed by atoms with Crippen molar-refractivity contribution < 1.29 is 14.3 Å². The van der Waals surface area contributed by atoms with Crippen molar-refractivity contribution in [2.45, 2.75) is 13.5 Å². The average Bonchev–Trinajstić information content (AvgIpc) is 2.99. The lowest BCUT2D eigenvalue weighted by molar-refractivity contribution is 0.0954. The minimum absolute atomic E-state index is 0.363. The first kappa shape index (κ1) is 19.1. The summed E-state index contributed by atoms with van der Waals surface area (Å²) in [5.74, 6) is 3.37. The molecule has 0 spiro atoms. The van der Waals surface area contributed by atoms with Crippen LogP contribution in [-0.4, -0.2) is 30.9 Å². The Hall–Kier alpha value is -3.72. The first-order chi connectivity index (χ1) is 13.6. The Labute approximate surface area is 163 Å². The van der Waals surface area contributed by atoms with Gasteiger partial charge in [0.05, 0.1) is 27.0 Å². The zero-order chi connectivity index (χ0) is 20.1. The zero-order valence-electron chi connectivity index (χ0n) is 16.0. The number of hydrazone groups is 1. The molecule has 6 nitrogen and oxygen atoms in total. The van der Waals surface area contributed by atoms with Crippen LogP contribution in [0.15, 0.2) is 47.6 Å². The molecular weight excluding hydrogens is 354 g/mol. The van der Waals surface area contributed by atoms with Crippen molar-refractivity contribution in [3.8, 4) is 23.8 Å². The number of benzene rings is 2. The number of nitrogens with zero attached hydrogens (tertiary/aromatic N) is 2. The molecule has 1 aromatic heterocycles. The Bertz CT molecular complexity index is 1070. The molecule has 0 aliphatic heterocycles. The Balaban J connectivity index is 1.87. The van der Waals surface area contributed by atoms with Crippen LogP contribution in [0.4, 0.5) is 0 Å². The number of aromatic nitrogens is 1. The van der Waals surface area contributed by atoms with E-state index in [1.165, 1.54) is 14.2 Å². The topological polar surface area (TPSA) is 64.9 Å². The standard InChI is InChI=1S/C22H21N3O3/c1-5-10-25-15(2)20(19-8-6-7-9-21(19)25)14-23-24-22(26)16-11-17(27-3)13-18(12-16)28-4/h1,6-9,11-14H,10H2,2-4H3,(H,24,26)/b23-14-. The Morgan fingerprint density at radius 3 is 2.54 bits per heavy atom. The van der Waals surface area contributed by atoms with Crippen molar-refractivity contribution in [2.75, 3.05) is 14.2 Å². The molecule has 1 N–H and O–H groups in total. The van der Waals surface area contributed by atoms with E-state index in [0.717, 1.165) is 22.2 Å². The number of terminal acetylenes is 1. The monoisotopic (exact) mass is 375 g/mol. The molecule has 142 valence electrons. The second kappa shape index (κ2) is 8.31. The summed E-state index contributed by atoms with van der Waals surface area (Å²) in [6.45, 7) is 2.45. The fourth-order valence-electron chi connectivity index (χ4n) is 3.07. The fourth-order valence-corrected chi connectivity index (χ4v) is 3.07. The molecule has 0 bridgehead atoms. The van der Waals surface area contributed by atoms with E-state index in [1.807, 2.05) is 35.8 Å². The number of hydrogen-bond acceptors (Lipinski definition) is 4. The van der Waals surface area contributed by atoms with Crippen molar-refractivity contribution in [1.82, 2.24) is 9.99 Å². The van der Waals surface area contributed by atoms with E-state index in [0.29, 0.717) is 23.6 Å². The van der Waals surface area contributed by atoms with Crippen LogP contribution in [-0.2, 0) is 6.54 Å². The van der Waals surface area contributed by atoms with Gasteiger partial charge in [0.1, 0.15) is 11.5 Å². The molecule has 2 aromatic carbocycles. The molecular formula is C22H21N3O3. The molecule has 1 amide bonds. The average molecular weight is 375 g/mol. The van der Waals surface area contributed by atoms with Crippen LogP contribution in [0, 0.1) is 19.3 Å². The summed E-state index contributed by atoms with van der Waals surface area (Å²) in [4.78, 5) is 12.5. The normalized spacial score (nSPS) is 10.8. The Kier molecular flexibility index (Phi) is 5.66. The molecule has 6 heteroatoms. The van der Waals surface area contributed by atoms with Crippen LogP contribution in [0.1, 0.15) is 21.6 Å². The Morgan fingerprint density at radius 2 is 1.89 bits per heavy atom. The summed E-state index contributed by atoms with van der Waals surface area (Å²) in [6, 6.07) is 12.9. The predicted octanol–water partition coefficient (Wildman–Crippen LogP) is 3.36.